The summed E-state index contributed by atoms with van der Waals surface area (Å²) in [6, 6.07) is 5.61. The SMILES string of the molecule is CC(C)(C)C(=O)ON1CCC(NCc2noc(-c3ccnc(C#N)c3)n2)CC1. The van der Waals surface area contributed by atoms with Gasteiger partial charge in [0.1, 0.15) is 11.8 Å². The number of nitrogens with one attached hydrogen (secondary N) is 1. The van der Waals surface area contributed by atoms with Crippen molar-refractivity contribution in [3.63, 3.8) is 0 Å². The molecule has 3 heterocycles. The van der Waals surface area contributed by atoms with Gasteiger partial charge in [-0.05, 0) is 45.7 Å². The van der Waals surface area contributed by atoms with Gasteiger partial charge in [0, 0.05) is 30.9 Å². The third-order valence-electron chi connectivity index (χ3n) is 4.42. The molecule has 148 valence electrons. The second-order valence-corrected chi connectivity index (χ2v) is 7.77. The Hall–Kier alpha value is -2.83. The van der Waals surface area contributed by atoms with Gasteiger partial charge in [0.25, 0.3) is 5.89 Å². The van der Waals surface area contributed by atoms with Crippen LogP contribution in [-0.4, -0.2) is 45.3 Å². The lowest BCUT2D eigenvalue weighted by atomic mass is 9.98. The van der Waals surface area contributed by atoms with E-state index in [0.29, 0.717) is 42.6 Å². The minimum atomic E-state index is -0.506. The summed E-state index contributed by atoms with van der Waals surface area (Å²) in [6.45, 7) is 7.38. The fourth-order valence-electron chi connectivity index (χ4n) is 2.71. The average Bonchev–Trinajstić information content (AvgIpc) is 3.16. The summed E-state index contributed by atoms with van der Waals surface area (Å²) in [5.41, 5.74) is 0.461. The van der Waals surface area contributed by atoms with Crippen LogP contribution in [0, 0.1) is 16.7 Å². The van der Waals surface area contributed by atoms with Gasteiger partial charge in [-0.2, -0.15) is 10.2 Å². The van der Waals surface area contributed by atoms with Crippen LogP contribution >= 0.6 is 0 Å². The molecule has 1 saturated heterocycles. The van der Waals surface area contributed by atoms with E-state index in [1.165, 1.54) is 6.20 Å². The largest absolute Gasteiger partial charge is 0.367 e. The molecule has 1 fully saturated rings. The number of carbonyl (C=O) groups is 1. The summed E-state index contributed by atoms with van der Waals surface area (Å²) in [7, 11) is 0. The third-order valence-corrected chi connectivity index (χ3v) is 4.42. The van der Waals surface area contributed by atoms with Crippen molar-refractivity contribution in [3.8, 4) is 17.5 Å². The highest BCUT2D eigenvalue weighted by atomic mass is 16.7. The molecule has 1 N–H and O–H groups in total. The number of hydrogen-bond acceptors (Lipinski definition) is 9. The molecule has 2 aromatic rings. The maximum atomic E-state index is 12.0. The molecule has 0 bridgehead atoms. The molecule has 3 rings (SSSR count). The van der Waals surface area contributed by atoms with Crippen molar-refractivity contribution in [2.24, 2.45) is 5.41 Å². The summed E-state index contributed by atoms with van der Waals surface area (Å²) in [5, 5.41) is 18.1. The maximum absolute atomic E-state index is 12.0. The molecule has 1 aliphatic heterocycles. The number of hydroxylamine groups is 2. The van der Waals surface area contributed by atoms with E-state index in [1.807, 2.05) is 26.8 Å². The van der Waals surface area contributed by atoms with Crippen molar-refractivity contribution < 1.29 is 14.2 Å². The van der Waals surface area contributed by atoms with E-state index in [0.717, 1.165) is 12.8 Å². The van der Waals surface area contributed by atoms with Crippen LogP contribution in [0.25, 0.3) is 11.5 Å². The summed E-state index contributed by atoms with van der Waals surface area (Å²) >= 11 is 0. The predicted molar refractivity (Wildman–Crippen MR) is 99.2 cm³/mol. The van der Waals surface area contributed by atoms with Gasteiger partial charge in [0.2, 0.25) is 0 Å². The van der Waals surface area contributed by atoms with Crippen LogP contribution < -0.4 is 5.32 Å². The first-order chi connectivity index (χ1) is 13.3. The molecule has 0 aromatic carbocycles. The van der Waals surface area contributed by atoms with Gasteiger partial charge in [-0.3, -0.25) is 0 Å². The first-order valence-electron chi connectivity index (χ1n) is 9.25. The van der Waals surface area contributed by atoms with Crippen LogP contribution in [0.4, 0.5) is 0 Å². The predicted octanol–water partition coefficient (Wildman–Crippen LogP) is 2.06. The number of pyridine rings is 1. The summed E-state index contributed by atoms with van der Waals surface area (Å²) in [4.78, 5) is 25.7. The Morgan fingerprint density at radius 3 is 2.86 bits per heavy atom. The molecule has 0 unspecified atom stereocenters. The van der Waals surface area contributed by atoms with Gasteiger partial charge in [0.05, 0.1) is 12.0 Å². The first kappa shape index (κ1) is 19.9. The van der Waals surface area contributed by atoms with E-state index in [-0.39, 0.29) is 12.0 Å². The lowest BCUT2D eigenvalue weighted by Crippen LogP contribution is -2.44. The Morgan fingerprint density at radius 1 is 1.43 bits per heavy atom. The van der Waals surface area contributed by atoms with E-state index in [1.54, 1.807) is 17.2 Å². The van der Waals surface area contributed by atoms with Crippen LogP contribution in [0.2, 0.25) is 0 Å². The fourth-order valence-corrected chi connectivity index (χ4v) is 2.71. The van der Waals surface area contributed by atoms with Crippen LogP contribution in [0.5, 0.6) is 0 Å². The first-order valence-corrected chi connectivity index (χ1v) is 9.25. The fraction of sp³-hybridized carbons (Fsp3) is 0.526. The lowest BCUT2D eigenvalue weighted by molar-refractivity contribution is -0.204. The number of nitriles is 1. The summed E-state index contributed by atoms with van der Waals surface area (Å²) in [5.74, 6) is 0.695. The number of carbonyl (C=O) groups excluding carboxylic acids is 1. The summed E-state index contributed by atoms with van der Waals surface area (Å²) < 4.78 is 5.28. The Bertz CT molecular complexity index is 859. The van der Waals surface area contributed by atoms with Gasteiger partial charge in [0.15, 0.2) is 5.82 Å². The van der Waals surface area contributed by atoms with Crippen LogP contribution in [0.1, 0.15) is 45.1 Å². The lowest BCUT2D eigenvalue weighted by Gasteiger charge is -2.32. The molecule has 0 saturated carbocycles. The van der Waals surface area contributed by atoms with Gasteiger partial charge >= 0.3 is 5.97 Å². The third kappa shape index (κ3) is 5.12. The van der Waals surface area contributed by atoms with E-state index in [9.17, 15) is 4.79 Å². The molecule has 1 aliphatic rings. The van der Waals surface area contributed by atoms with Crippen molar-refractivity contribution in [2.45, 2.75) is 46.2 Å². The highest BCUT2D eigenvalue weighted by Crippen LogP contribution is 2.19. The smallest absolute Gasteiger partial charge is 0.330 e. The minimum Gasteiger partial charge on any atom is -0.367 e. The number of nitrogens with zero attached hydrogens (tertiary/aromatic N) is 5. The highest BCUT2D eigenvalue weighted by Gasteiger charge is 2.28. The van der Waals surface area contributed by atoms with E-state index < -0.39 is 5.41 Å². The zero-order valence-corrected chi connectivity index (χ0v) is 16.3. The van der Waals surface area contributed by atoms with Crippen molar-refractivity contribution in [2.75, 3.05) is 13.1 Å². The van der Waals surface area contributed by atoms with Gasteiger partial charge in [-0.15, -0.1) is 5.06 Å². The molecule has 9 nitrogen and oxygen atoms in total. The Kier molecular flexibility index (Phi) is 6.02. The number of piperidine rings is 1. The Balaban J connectivity index is 1.47. The molecule has 0 radical (unpaired) electrons. The monoisotopic (exact) mass is 384 g/mol. The zero-order valence-electron chi connectivity index (χ0n) is 16.3. The van der Waals surface area contributed by atoms with Crippen molar-refractivity contribution in [3.05, 3.63) is 29.8 Å². The molecular formula is C19H24N6O3. The number of rotatable bonds is 5. The number of hydrogen-bond donors (Lipinski definition) is 1. The second-order valence-electron chi connectivity index (χ2n) is 7.77. The Labute approximate surface area is 163 Å². The Morgan fingerprint density at radius 2 is 2.18 bits per heavy atom. The van der Waals surface area contributed by atoms with Gasteiger partial charge in [-0.25, -0.2) is 9.78 Å². The van der Waals surface area contributed by atoms with Crippen molar-refractivity contribution >= 4 is 5.97 Å². The quantitative estimate of drug-likeness (QED) is 0.826. The number of aromatic nitrogens is 3. The van der Waals surface area contributed by atoms with Crippen LogP contribution in [0.15, 0.2) is 22.9 Å². The van der Waals surface area contributed by atoms with Crippen LogP contribution in [-0.2, 0) is 16.2 Å². The maximum Gasteiger partial charge on any atom is 0.330 e. The molecule has 0 spiro atoms. The normalized spacial score (nSPS) is 15.9. The molecule has 0 atom stereocenters. The minimum absolute atomic E-state index is 0.214. The van der Waals surface area contributed by atoms with Crippen LogP contribution in [0.3, 0.4) is 0 Å². The molecule has 28 heavy (non-hydrogen) atoms. The van der Waals surface area contributed by atoms with E-state index in [2.05, 4.69) is 20.4 Å². The van der Waals surface area contributed by atoms with Gasteiger partial charge in [-0.1, -0.05) is 5.16 Å². The molecule has 0 aliphatic carbocycles. The van der Waals surface area contributed by atoms with E-state index in [4.69, 9.17) is 14.6 Å². The topological polar surface area (TPSA) is 117 Å². The van der Waals surface area contributed by atoms with Gasteiger partial charge < -0.3 is 14.7 Å². The molecule has 2 aromatic heterocycles. The van der Waals surface area contributed by atoms with Crippen molar-refractivity contribution in [1.82, 2.24) is 25.5 Å². The molecule has 9 heteroatoms. The average molecular weight is 384 g/mol. The summed E-state index contributed by atoms with van der Waals surface area (Å²) in [6.07, 6.45) is 3.26. The zero-order chi connectivity index (χ0) is 20.1. The van der Waals surface area contributed by atoms with E-state index >= 15 is 0 Å². The molecule has 0 amide bonds. The second kappa shape index (κ2) is 8.46. The highest BCUT2D eigenvalue weighted by molar-refractivity contribution is 5.75. The standard InChI is InChI=1S/C19H24N6O3/c1-19(2,3)18(26)28-25-8-5-14(6-9-25)22-12-16-23-17(27-24-16)13-4-7-21-15(10-13)11-20/h4,7,10,14,22H,5-6,8-9,12H2,1-3H3. The van der Waals surface area contributed by atoms with Crippen molar-refractivity contribution in [1.29, 1.82) is 5.26 Å². The molecular weight excluding hydrogens is 360 g/mol.